The first-order valence-corrected chi connectivity index (χ1v) is 5.92. The van der Waals surface area contributed by atoms with E-state index in [0.717, 1.165) is 11.1 Å². The van der Waals surface area contributed by atoms with Gasteiger partial charge in [-0.2, -0.15) is 0 Å². The first-order valence-electron chi connectivity index (χ1n) is 5.92. The summed E-state index contributed by atoms with van der Waals surface area (Å²) < 4.78 is 0. The van der Waals surface area contributed by atoms with Crippen LogP contribution in [0.15, 0.2) is 48.5 Å². The van der Waals surface area contributed by atoms with Crippen LogP contribution in [-0.4, -0.2) is 10.5 Å². The minimum atomic E-state index is -0.206. The molecule has 2 rings (SSSR count). The highest BCUT2D eigenvalue weighted by atomic mass is 17.1. The molecule has 100 valence electrons. The third-order valence-electron chi connectivity index (χ3n) is 3.36. The van der Waals surface area contributed by atoms with Crippen molar-refractivity contribution in [3.8, 4) is 11.5 Å². The van der Waals surface area contributed by atoms with Gasteiger partial charge in [0.2, 0.25) is 0 Å². The molecule has 4 nitrogen and oxygen atoms in total. The van der Waals surface area contributed by atoms with Crippen LogP contribution in [0.4, 0.5) is 0 Å². The van der Waals surface area contributed by atoms with Crippen molar-refractivity contribution in [2.75, 3.05) is 0 Å². The lowest BCUT2D eigenvalue weighted by molar-refractivity contribution is -0.137. The molecule has 0 aromatic heterocycles. The van der Waals surface area contributed by atoms with Gasteiger partial charge in [-0.1, -0.05) is 38.1 Å². The van der Waals surface area contributed by atoms with E-state index >= 15 is 0 Å². The van der Waals surface area contributed by atoms with Gasteiger partial charge >= 0.3 is 0 Å². The zero-order valence-corrected chi connectivity index (χ0v) is 10.8. The van der Waals surface area contributed by atoms with Crippen LogP contribution in [0.2, 0.25) is 0 Å². The highest BCUT2D eigenvalue weighted by Crippen LogP contribution is 2.33. The molecule has 4 heteroatoms. The Labute approximate surface area is 111 Å². The van der Waals surface area contributed by atoms with Crippen molar-refractivity contribution in [2.45, 2.75) is 19.3 Å². The van der Waals surface area contributed by atoms with Gasteiger partial charge in [-0.3, -0.25) is 0 Å². The molecular formula is C15H16O4. The fraction of sp³-hybridized carbons (Fsp3) is 0.200. The first-order chi connectivity index (χ1) is 9.07. The minimum absolute atomic E-state index is 0.206. The molecule has 2 N–H and O–H groups in total. The summed E-state index contributed by atoms with van der Waals surface area (Å²) in [6.07, 6.45) is 0. The van der Waals surface area contributed by atoms with Crippen molar-refractivity contribution in [3.63, 3.8) is 0 Å². The Kier molecular flexibility index (Phi) is 3.74. The zero-order valence-electron chi connectivity index (χ0n) is 10.8. The Hall–Kier alpha value is -2.04. The summed E-state index contributed by atoms with van der Waals surface area (Å²) in [5.74, 6) is 0.812. The minimum Gasteiger partial charge on any atom is -0.340 e. The third kappa shape index (κ3) is 2.70. The van der Waals surface area contributed by atoms with E-state index in [1.54, 1.807) is 24.3 Å². The maximum absolute atomic E-state index is 8.57. The van der Waals surface area contributed by atoms with Crippen molar-refractivity contribution in [2.24, 2.45) is 0 Å². The summed E-state index contributed by atoms with van der Waals surface area (Å²) >= 11 is 0. The Morgan fingerprint density at radius 1 is 0.684 bits per heavy atom. The first kappa shape index (κ1) is 13.4. The van der Waals surface area contributed by atoms with Gasteiger partial charge in [0.15, 0.2) is 11.5 Å². The highest BCUT2D eigenvalue weighted by Gasteiger charge is 2.23. The molecule has 0 aliphatic carbocycles. The largest absolute Gasteiger partial charge is 0.340 e. The van der Waals surface area contributed by atoms with Gasteiger partial charge in [0.1, 0.15) is 0 Å². The second kappa shape index (κ2) is 5.30. The summed E-state index contributed by atoms with van der Waals surface area (Å²) in [4.78, 5) is 8.35. The second-order valence-electron chi connectivity index (χ2n) is 4.86. The lowest BCUT2D eigenvalue weighted by Crippen LogP contribution is -2.18. The van der Waals surface area contributed by atoms with E-state index in [1.165, 1.54) is 0 Å². The van der Waals surface area contributed by atoms with Crippen LogP contribution >= 0.6 is 0 Å². The molecule has 0 heterocycles. The maximum Gasteiger partial charge on any atom is 0.165 e. The Balaban J connectivity index is 2.33. The summed E-state index contributed by atoms with van der Waals surface area (Å²) in [7, 11) is 0. The SMILES string of the molecule is CC(C)(c1ccc(OO)cc1)c1ccc(OO)cc1. The summed E-state index contributed by atoms with van der Waals surface area (Å²) in [5.41, 5.74) is 1.97. The van der Waals surface area contributed by atoms with Crippen molar-refractivity contribution >= 4 is 0 Å². The number of hydrogen-bond acceptors (Lipinski definition) is 4. The van der Waals surface area contributed by atoms with Gasteiger partial charge in [0, 0.05) is 5.41 Å². The molecule has 0 saturated carbocycles. The van der Waals surface area contributed by atoms with Gasteiger partial charge in [0.25, 0.3) is 0 Å². The predicted octanol–water partition coefficient (Wildman–Crippen LogP) is 3.72. The molecule has 0 bridgehead atoms. The smallest absolute Gasteiger partial charge is 0.165 e. The summed E-state index contributed by atoms with van der Waals surface area (Å²) in [6.45, 7) is 4.19. The number of hydrogen-bond donors (Lipinski definition) is 2. The molecule has 0 aliphatic rings. The number of benzene rings is 2. The van der Waals surface area contributed by atoms with Crippen LogP contribution in [0.5, 0.6) is 11.5 Å². The van der Waals surface area contributed by atoms with Gasteiger partial charge in [-0.15, -0.1) is 0 Å². The van der Waals surface area contributed by atoms with Crippen LogP contribution < -0.4 is 9.78 Å². The Morgan fingerprint density at radius 2 is 1.00 bits per heavy atom. The lowest BCUT2D eigenvalue weighted by atomic mass is 9.78. The average molecular weight is 260 g/mol. The Bertz CT molecular complexity index is 480. The fourth-order valence-corrected chi connectivity index (χ4v) is 2.03. The van der Waals surface area contributed by atoms with E-state index in [9.17, 15) is 0 Å². The van der Waals surface area contributed by atoms with Crippen LogP contribution in [0.25, 0.3) is 0 Å². The number of rotatable bonds is 4. The molecule has 2 aromatic rings. The van der Waals surface area contributed by atoms with Crippen molar-refractivity contribution in [1.82, 2.24) is 0 Å². The van der Waals surface area contributed by atoms with E-state index < -0.39 is 0 Å². The van der Waals surface area contributed by atoms with Gasteiger partial charge in [-0.05, 0) is 35.4 Å². The van der Waals surface area contributed by atoms with Gasteiger partial charge in [0.05, 0.1) is 0 Å². The molecule has 0 aliphatic heterocycles. The van der Waals surface area contributed by atoms with Crippen LogP contribution in [0.3, 0.4) is 0 Å². The van der Waals surface area contributed by atoms with E-state index in [0.29, 0.717) is 11.5 Å². The molecule has 0 radical (unpaired) electrons. The summed E-state index contributed by atoms with van der Waals surface area (Å²) in [5, 5.41) is 17.1. The van der Waals surface area contributed by atoms with Gasteiger partial charge in [-0.25, -0.2) is 10.5 Å². The standard InChI is InChI=1S/C15H16O4/c1-15(2,11-3-7-13(18-16)8-4-11)12-5-9-14(19-17)10-6-12/h3-10,16-17H,1-2H3. The zero-order chi connectivity index (χ0) is 13.9. The third-order valence-corrected chi connectivity index (χ3v) is 3.36. The molecular weight excluding hydrogens is 244 g/mol. The molecule has 0 saturated heterocycles. The van der Waals surface area contributed by atoms with E-state index in [1.807, 2.05) is 24.3 Å². The predicted molar refractivity (Wildman–Crippen MR) is 71.5 cm³/mol. The van der Waals surface area contributed by atoms with Crippen LogP contribution in [0, 0.1) is 0 Å². The maximum atomic E-state index is 8.57. The van der Waals surface area contributed by atoms with Crippen LogP contribution in [0.1, 0.15) is 25.0 Å². The average Bonchev–Trinajstić information content (AvgIpc) is 2.47. The van der Waals surface area contributed by atoms with Gasteiger partial charge < -0.3 is 9.78 Å². The Morgan fingerprint density at radius 3 is 1.26 bits per heavy atom. The molecule has 0 spiro atoms. The molecule has 0 unspecified atom stereocenters. The lowest BCUT2D eigenvalue weighted by Gasteiger charge is -2.26. The van der Waals surface area contributed by atoms with E-state index in [-0.39, 0.29) is 5.41 Å². The second-order valence-corrected chi connectivity index (χ2v) is 4.86. The fourth-order valence-electron chi connectivity index (χ4n) is 2.03. The molecule has 19 heavy (non-hydrogen) atoms. The summed E-state index contributed by atoms with van der Waals surface area (Å²) in [6, 6.07) is 14.5. The van der Waals surface area contributed by atoms with E-state index in [2.05, 4.69) is 23.6 Å². The quantitative estimate of drug-likeness (QED) is 0.649. The van der Waals surface area contributed by atoms with Crippen LogP contribution in [-0.2, 0) is 5.41 Å². The normalized spacial score (nSPS) is 11.2. The monoisotopic (exact) mass is 260 g/mol. The molecule has 2 aromatic carbocycles. The van der Waals surface area contributed by atoms with Crippen molar-refractivity contribution < 1.29 is 20.3 Å². The highest BCUT2D eigenvalue weighted by molar-refractivity contribution is 5.41. The van der Waals surface area contributed by atoms with Crippen molar-refractivity contribution in [1.29, 1.82) is 0 Å². The molecule has 0 atom stereocenters. The van der Waals surface area contributed by atoms with Crippen molar-refractivity contribution in [3.05, 3.63) is 59.7 Å². The van der Waals surface area contributed by atoms with E-state index in [4.69, 9.17) is 10.5 Å². The molecule has 0 fully saturated rings. The molecule has 0 amide bonds. The topological polar surface area (TPSA) is 58.9 Å².